The molecule has 0 aliphatic heterocycles. The Morgan fingerprint density at radius 3 is 2.28 bits per heavy atom. The van der Waals surface area contributed by atoms with Crippen molar-refractivity contribution in [3.05, 3.63) is 0 Å². The van der Waals surface area contributed by atoms with Gasteiger partial charge in [0.2, 0.25) is 0 Å². The minimum Gasteiger partial charge on any atom is -0.301 e. The van der Waals surface area contributed by atoms with E-state index >= 15 is 0 Å². The highest BCUT2D eigenvalue weighted by atomic mass is 15.2. The Morgan fingerprint density at radius 1 is 1.17 bits per heavy atom. The molecule has 2 aliphatic carbocycles. The molecule has 0 radical (unpaired) electrons. The summed E-state index contributed by atoms with van der Waals surface area (Å²) in [6, 6.07) is 3.76. The Bertz CT molecular complexity index is 297. The monoisotopic (exact) mass is 249 g/mol. The molecule has 0 aromatic rings. The quantitative estimate of drug-likeness (QED) is 0.761. The van der Waals surface area contributed by atoms with Crippen LogP contribution >= 0.6 is 0 Å². The van der Waals surface area contributed by atoms with Gasteiger partial charge < -0.3 is 4.90 Å². The van der Waals surface area contributed by atoms with Gasteiger partial charge in [0.25, 0.3) is 0 Å². The normalized spacial score (nSPS) is 25.4. The summed E-state index contributed by atoms with van der Waals surface area (Å²) < 4.78 is 0. The topological polar surface area (TPSA) is 39.1 Å². The maximum absolute atomic E-state index is 9.43. The van der Waals surface area contributed by atoms with Crippen LogP contribution in [0.4, 0.5) is 0 Å². The molecule has 2 saturated carbocycles. The van der Waals surface area contributed by atoms with Crippen molar-refractivity contribution in [1.82, 2.24) is 10.2 Å². The van der Waals surface area contributed by atoms with Crippen molar-refractivity contribution in [2.24, 2.45) is 0 Å². The van der Waals surface area contributed by atoms with Crippen molar-refractivity contribution in [2.45, 2.75) is 75.9 Å². The first kappa shape index (κ1) is 13.8. The predicted molar refractivity (Wildman–Crippen MR) is 74.3 cm³/mol. The van der Waals surface area contributed by atoms with E-state index in [0.29, 0.717) is 12.1 Å². The summed E-state index contributed by atoms with van der Waals surface area (Å²) in [6.45, 7) is 2.91. The Morgan fingerprint density at radius 2 is 1.78 bits per heavy atom. The largest absolute Gasteiger partial charge is 0.301 e. The molecule has 102 valence electrons. The Kier molecular flexibility index (Phi) is 4.64. The average Bonchev–Trinajstić information content (AvgIpc) is 3.14. The van der Waals surface area contributed by atoms with Gasteiger partial charge >= 0.3 is 0 Å². The maximum Gasteiger partial charge on any atom is 0.116 e. The van der Waals surface area contributed by atoms with Crippen LogP contribution in [-0.4, -0.2) is 36.1 Å². The van der Waals surface area contributed by atoms with E-state index in [1.54, 1.807) is 0 Å². The van der Waals surface area contributed by atoms with Crippen molar-refractivity contribution in [3.63, 3.8) is 0 Å². The lowest BCUT2D eigenvalue weighted by atomic mass is 10.0. The second-order valence-corrected chi connectivity index (χ2v) is 6.42. The van der Waals surface area contributed by atoms with Gasteiger partial charge in [-0.1, -0.05) is 25.7 Å². The third kappa shape index (κ3) is 3.96. The minimum atomic E-state index is -0.373. The highest BCUT2D eigenvalue weighted by molar-refractivity contribution is 5.09. The van der Waals surface area contributed by atoms with Crippen molar-refractivity contribution >= 4 is 0 Å². The second kappa shape index (κ2) is 6.04. The molecular weight excluding hydrogens is 222 g/mol. The van der Waals surface area contributed by atoms with Gasteiger partial charge in [-0.15, -0.1) is 0 Å². The van der Waals surface area contributed by atoms with Gasteiger partial charge in [0.15, 0.2) is 0 Å². The van der Waals surface area contributed by atoms with Gasteiger partial charge in [-0.2, -0.15) is 5.26 Å². The number of likely N-dealkylation sites (N-methyl/N-ethyl adjacent to an activating group) is 1. The van der Waals surface area contributed by atoms with Gasteiger partial charge in [-0.25, -0.2) is 0 Å². The Labute approximate surface area is 112 Å². The molecular formula is C15H27N3. The van der Waals surface area contributed by atoms with Crippen LogP contribution in [0.3, 0.4) is 0 Å². The lowest BCUT2D eigenvalue weighted by Gasteiger charge is -2.34. The number of nitrogens with one attached hydrogen (secondary N) is 1. The molecule has 0 heterocycles. The van der Waals surface area contributed by atoms with E-state index in [1.807, 2.05) is 0 Å². The number of hydrogen-bond acceptors (Lipinski definition) is 3. The fourth-order valence-corrected chi connectivity index (χ4v) is 3.12. The van der Waals surface area contributed by atoms with E-state index in [4.69, 9.17) is 0 Å². The van der Waals surface area contributed by atoms with E-state index in [2.05, 4.69) is 30.3 Å². The molecule has 3 nitrogen and oxygen atoms in total. The molecule has 3 heteroatoms. The van der Waals surface area contributed by atoms with Crippen molar-refractivity contribution in [2.75, 3.05) is 13.6 Å². The molecule has 18 heavy (non-hydrogen) atoms. The molecule has 2 aliphatic rings. The minimum absolute atomic E-state index is 0.373. The van der Waals surface area contributed by atoms with E-state index in [-0.39, 0.29) is 5.54 Å². The third-order valence-corrected chi connectivity index (χ3v) is 4.36. The number of nitriles is 1. The fraction of sp³-hybridized carbons (Fsp3) is 0.933. The van der Waals surface area contributed by atoms with Gasteiger partial charge in [0.1, 0.15) is 5.54 Å². The summed E-state index contributed by atoms with van der Waals surface area (Å²) in [7, 11) is 2.19. The first-order valence-corrected chi connectivity index (χ1v) is 7.52. The number of hydrogen-bond donors (Lipinski definition) is 1. The molecule has 0 aromatic heterocycles. The molecule has 0 bridgehead atoms. The highest BCUT2D eigenvalue weighted by Crippen LogP contribution is 2.25. The molecule has 2 rings (SSSR count). The van der Waals surface area contributed by atoms with Crippen LogP contribution in [0, 0.1) is 11.3 Å². The predicted octanol–water partition coefficient (Wildman–Crippen LogP) is 2.68. The number of rotatable bonds is 5. The number of nitrogens with zero attached hydrogens (tertiary/aromatic N) is 2. The van der Waals surface area contributed by atoms with E-state index in [1.165, 1.54) is 51.4 Å². The lowest BCUT2D eigenvalue weighted by molar-refractivity contribution is 0.181. The summed E-state index contributed by atoms with van der Waals surface area (Å²) in [5, 5.41) is 12.9. The van der Waals surface area contributed by atoms with Crippen LogP contribution in [0.2, 0.25) is 0 Å². The molecule has 1 atom stereocenters. The molecule has 0 amide bonds. The van der Waals surface area contributed by atoms with Crippen molar-refractivity contribution in [1.29, 1.82) is 5.26 Å². The zero-order chi connectivity index (χ0) is 13.0. The summed E-state index contributed by atoms with van der Waals surface area (Å²) in [5.74, 6) is 0. The summed E-state index contributed by atoms with van der Waals surface area (Å²) in [6.07, 6.45) is 10.6. The summed E-state index contributed by atoms with van der Waals surface area (Å²) >= 11 is 0. The average molecular weight is 249 g/mol. The molecule has 0 spiro atoms. The van der Waals surface area contributed by atoms with Crippen LogP contribution in [0.25, 0.3) is 0 Å². The van der Waals surface area contributed by atoms with E-state index in [0.717, 1.165) is 6.54 Å². The third-order valence-electron chi connectivity index (χ3n) is 4.36. The first-order chi connectivity index (χ1) is 8.63. The standard InChI is InChI=1S/C15H27N3/c1-15(11-16,17-13-9-10-13)12-18(2)14-7-5-3-4-6-8-14/h13-14,17H,3-10,12H2,1-2H3. The molecule has 0 saturated heterocycles. The van der Waals surface area contributed by atoms with Gasteiger partial charge in [0, 0.05) is 18.6 Å². The summed E-state index contributed by atoms with van der Waals surface area (Å²) in [5.41, 5.74) is -0.373. The lowest BCUT2D eigenvalue weighted by Crippen LogP contribution is -2.52. The Hall–Kier alpha value is -0.590. The summed E-state index contributed by atoms with van der Waals surface area (Å²) in [4.78, 5) is 2.42. The molecule has 1 unspecified atom stereocenters. The zero-order valence-corrected chi connectivity index (χ0v) is 11.9. The highest BCUT2D eigenvalue weighted by Gasteiger charge is 2.34. The van der Waals surface area contributed by atoms with Crippen molar-refractivity contribution in [3.8, 4) is 6.07 Å². The Balaban J connectivity index is 1.86. The SMILES string of the molecule is CN(CC(C)(C#N)NC1CC1)C1CCCCCC1. The van der Waals surface area contributed by atoms with Gasteiger partial charge in [-0.05, 0) is 39.7 Å². The smallest absolute Gasteiger partial charge is 0.116 e. The van der Waals surface area contributed by atoms with Crippen LogP contribution in [0.15, 0.2) is 0 Å². The first-order valence-electron chi connectivity index (χ1n) is 7.52. The van der Waals surface area contributed by atoms with Crippen molar-refractivity contribution < 1.29 is 0 Å². The van der Waals surface area contributed by atoms with Gasteiger partial charge in [-0.3, -0.25) is 5.32 Å². The molecule has 1 N–H and O–H groups in total. The second-order valence-electron chi connectivity index (χ2n) is 6.42. The van der Waals surface area contributed by atoms with Gasteiger partial charge in [0.05, 0.1) is 6.07 Å². The van der Waals surface area contributed by atoms with E-state index < -0.39 is 0 Å². The van der Waals surface area contributed by atoms with Crippen LogP contribution < -0.4 is 5.32 Å². The fourth-order valence-electron chi connectivity index (χ4n) is 3.12. The van der Waals surface area contributed by atoms with E-state index in [9.17, 15) is 5.26 Å². The van der Waals surface area contributed by atoms with Crippen LogP contribution in [-0.2, 0) is 0 Å². The van der Waals surface area contributed by atoms with Crippen LogP contribution in [0.1, 0.15) is 58.3 Å². The maximum atomic E-state index is 9.43. The van der Waals surface area contributed by atoms with Crippen LogP contribution in [0.5, 0.6) is 0 Å². The zero-order valence-electron chi connectivity index (χ0n) is 11.9. The molecule has 2 fully saturated rings. The molecule has 0 aromatic carbocycles.